The molecule has 0 amide bonds. The molecule has 0 aliphatic heterocycles. The first-order valence-electron chi connectivity index (χ1n) is 0. The zero-order valence-electron chi connectivity index (χ0n) is 1.66. The Morgan fingerprint density at radius 2 is 0.750 bits per heavy atom. The average molecular weight is 333 g/mol. The van der Waals surface area contributed by atoms with Gasteiger partial charge >= 0.3 is 0 Å². The van der Waals surface area contributed by atoms with E-state index < -0.39 is 0 Å². The van der Waals surface area contributed by atoms with E-state index in [1.165, 1.54) is 0 Å². The van der Waals surface area contributed by atoms with E-state index in [-0.39, 0.29) is 89.3 Å². The van der Waals surface area contributed by atoms with Crippen LogP contribution in [0, 0.1) is 39.9 Å². The van der Waals surface area contributed by atoms with Gasteiger partial charge in [-0.15, -0.1) is 0 Å². The summed E-state index contributed by atoms with van der Waals surface area (Å²) in [7, 11) is 0. The van der Waals surface area contributed by atoms with Crippen LogP contribution in [-0.4, -0.2) is 0 Å². The van der Waals surface area contributed by atoms with Crippen molar-refractivity contribution in [2.75, 3.05) is 0 Å². The van der Waals surface area contributed by atoms with Gasteiger partial charge in [-0.2, -0.15) is 27.0 Å². The molecule has 0 unspecified atom stereocenters. The molecule has 0 fully saturated rings. The topological polar surface area (TPSA) is 0 Å². The van der Waals surface area contributed by atoms with Gasteiger partial charge < -0.3 is 0 Å². The quantitative estimate of drug-likeness (QED) is 0.557. The van der Waals surface area contributed by atoms with Crippen LogP contribution in [0.2, 0.25) is 0 Å². The Labute approximate surface area is 87.6 Å². The molecule has 35 valence electrons. The zero-order valence-corrected chi connectivity index (χ0v) is 7.41. The summed E-state index contributed by atoms with van der Waals surface area (Å²) < 4.78 is 0. The maximum atomic E-state index is 0. The molecule has 0 rings (SSSR count). The average Bonchev–Trinajstić information content (AvgIpc) is 0. The maximum Gasteiger partial charge on any atom is 0 e. The molecule has 0 saturated carbocycles. The minimum atomic E-state index is 0. The third-order valence-electron chi connectivity index (χ3n) is 0. The second-order valence-corrected chi connectivity index (χ2v) is 0. The molecule has 0 saturated heterocycles. The van der Waals surface area contributed by atoms with Crippen LogP contribution in [0.25, 0.3) is 0 Å². The molecule has 0 aromatic rings. The Bertz CT molecular complexity index is 6.00. The van der Waals surface area contributed by atoms with Crippen LogP contribution in [-0.2, 0) is 22.4 Å². The normalized spacial score (nSPS) is 0. The van der Waals surface area contributed by atoms with Crippen molar-refractivity contribution < 1.29 is 62.3 Å². The summed E-state index contributed by atoms with van der Waals surface area (Å²) in [5, 5.41) is 0. The Morgan fingerprint density at radius 3 is 0.750 bits per heavy atom. The Hall–Kier alpha value is 2.76. The molecule has 4 heteroatoms. The van der Waals surface area contributed by atoms with Crippen LogP contribution in [0.3, 0.4) is 0 Å². The molecule has 0 N–H and O–H groups in total. The van der Waals surface area contributed by atoms with Gasteiger partial charge in [0.05, 0.1) is 0 Å². The van der Waals surface area contributed by atoms with E-state index in [0.717, 1.165) is 0 Å². The third-order valence-corrected chi connectivity index (χ3v) is 0. The summed E-state index contributed by atoms with van der Waals surface area (Å²) >= 11 is 0. The van der Waals surface area contributed by atoms with E-state index in [9.17, 15) is 0 Å². The zero-order chi connectivity index (χ0) is 0. The van der Waals surface area contributed by atoms with Crippen molar-refractivity contribution in [3.8, 4) is 0 Å². The molecular weight excluding hydrogens is 329 g/mol. The second kappa shape index (κ2) is 17.1. The van der Waals surface area contributed by atoms with Crippen LogP contribution in [0.5, 0.6) is 0 Å². The van der Waals surface area contributed by atoms with Crippen LogP contribution >= 0.6 is 27.0 Å². The van der Waals surface area contributed by atoms with E-state index in [4.69, 9.17) is 0 Å². The third kappa shape index (κ3) is 8.83. The van der Waals surface area contributed by atoms with Crippen molar-refractivity contribution in [1.82, 2.24) is 0 Å². The van der Waals surface area contributed by atoms with Crippen molar-refractivity contribution in [3.63, 3.8) is 0 Å². The van der Waals surface area contributed by atoms with Gasteiger partial charge in [0, 0.05) is 62.3 Å². The SMILES string of the molecule is S.S.[Ag].[Gd]. The van der Waals surface area contributed by atoms with Gasteiger partial charge in [0.1, 0.15) is 0 Å². The summed E-state index contributed by atoms with van der Waals surface area (Å²) in [5.74, 6) is 0. The molecule has 4 heavy (non-hydrogen) atoms. The van der Waals surface area contributed by atoms with E-state index in [2.05, 4.69) is 0 Å². The van der Waals surface area contributed by atoms with Crippen LogP contribution < -0.4 is 0 Å². The van der Waals surface area contributed by atoms with E-state index in [1.54, 1.807) is 0 Å². The minimum Gasteiger partial charge on any atom is -0.197 e. The van der Waals surface area contributed by atoms with Crippen molar-refractivity contribution >= 4 is 27.0 Å². The number of hydrogen-bond acceptors (Lipinski definition) is 0. The predicted molar refractivity (Wildman–Crippen MR) is 20.8 cm³/mol. The summed E-state index contributed by atoms with van der Waals surface area (Å²) in [6, 6.07) is 0. The molecule has 0 aromatic carbocycles. The van der Waals surface area contributed by atoms with Gasteiger partial charge in [-0.1, -0.05) is 0 Å². The molecule has 0 bridgehead atoms. The first-order chi connectivity index (χ1) is 0. The first kappa shape index (κ1) is 29.4. The molecule has 0 aliphatic carbocycles. The molecule has 0 spiro atoms. The van der Waals surface area contributed by atoms with Gasteiger partial charge in [-0.05, 0) is 0 Å². The van der Waals surface area contributed by atoms with Crippen molar-refractivity contribution in [2.45, 2.75) is 0 Å². The van der Waals surface area contributed by atoms with E-state index in [1.807, 2.05) is 0 Å². The van der Waals surface area contributed by atoms with Gasteiger partial charge in [0.2, 0.25) is 0 Å². The molecule has 0 aliphatic rings. The standard InChI is InChI=1S/Ag.Gd.2H2S/h;;2*1H2. The summed E-state index contributed by atoms with van der Waals surface area (Å²) in [6.45, 7) is 0. The van der Waals surface area contributed by atoms with Crippen LogP contribution in [0.15, 0.2) is 0 Å². The molecule has 0 aromatic heterocycles. The second-order valence-electron chi connectivity index (χ2n) is 0. The molecule has 0 nitrogen and oxygen atoms in total. The molecule has 0 heterocycles. The fourth-order valence-corrected chi connectivity index (χ4v) is 0. The van der Waals surface area contributed by atoms with Gasteiger partial charge in [0.15, 0.2) is 0 Å². The van der Waals surface area contributed by atoms with Gasteiger partial charge in [0.25, 0.3) is 0 Å². The summed E-state index contributed by atoms with van der Waals surface area (Å²) in [5.41, 5.74) is 0. The van der Waals surface area contributed by atoms with Gasteiger partial charge in [-0.25, -0.2) is 0 Å². The summed E-state index contributed by atoms with van der Waals surface area (Å²) in [6.07, 6.45) is 0. The summed E-state index contributed by atoms with van der Waals surface area (Å²) in [4.78, 5) is 0. The molecule has 0 atom stereocenters. The van der Waals surface area contributed by atoms with Gasteiger partial charge in [-0.3, -0.25) is 0 Å². The van der Waals surface area contributed by atoms with Crippen LogP contribution in [0.1, 0.15) is 0 Å². The van der Waals surface area contributed by atoms with Crippen molar-refractivity contribution in [3.05, 3.63) is 0 Å². The minimum absolute atomic E-state index is 0. The Balaban J connectivity index is 0. The Morgan fingerprint density at radius 1 is 0.750 bits per heavy atom. The van der Waals surface area contributed by atoms with Crippen LogP contribution in [0.4, 0.5) is 0 Å². The van der Waals surface area contributed by atoms with E-state index >= 15 is 0 Å². The largest absolute Gasteiger partial charge is 0.197 e. The monoisotopic (exact) mass is 333 g/mol. The fraction of sp³-hybridized carbons (Fsp3) is 0. The number of hydrogen-bond donors (Lipinski definition) is 0. The smallest absolute Gasteiger partial charge is 0 e. The molecular formula is H4AgGdS2. The number of rotatable bonds is 0. The Kier molecular flexibility index (Phi) is 126. The van der Waals surface area contributed by atoms with E-state index in [0.29, 0.717) is 0 Å². The molecule has 1 radical (unpaired) electrons. The predicted octanol–water partition coefficient (Wildman–Crippen LogP) is 0.223. The van der Waals surface area contributed by atoms with Crippen molar-refractivity contribution in [1.29, 1.82) is 0 Å². The fourth-order valence-electron chi connectivity index (χ4n) is 0. The maximum absolute atomic E-state index is 0. The van der Waals surface area contributed by atoms with Crippen molar-refractivity contribution in [2.24, 2.45) is 0 Å². The first-order valence-corrected chi connectivity index (χ1v) is 0.